The highest BCUT2D eigenvalue weighted by Gasteiger charge is 2.18. The van der Waals surface area contributed by atoms with Crippen molar-refractivity contribution < 1.29 is 4.42 Å². The number of hydrogen-bond acceptors (Lipinski definition) is 1. The Morgan fingerprint density at radius 1 is 1.21 bits per heavy atom. The Morgan fingerprint density at radius 3 is 2.50 bits per heavy atom. The molecule has 70 valence electrons. The number of para-hydroxylation sites is 1. The number of rotatable bonds is 0. The number of benzene rings is 1. The Labute approximate surface area is 85.5 Å². The Morgan fingerprint density at radius 2 is 1.93 bits per heavy atom. The molecule has 0 fully saturated rings. The summed E-state index contributed by atoms with van der Waals surface area (Å²) in [7, 11) is 5.82. The average molecular weight is 184 g/mol. The Kier molecular flexibility index (Phi) is 1.95. The standard InChI is InChI=1S/C12H13BO/c1-12(2,3)10-7-8-5-4-6-9(13)11(8)14-10/h4-7H,1-3H3. The van der Waals surface area contributed by atoms with Crippen LogP contribution in [-0.2, 0) is 5.41 Å². The van der Waals surface area contributed by atoms with Crippen molar-refractivity contribution in [3.8, 4) is 0 Å². The fourth-order valence-corrected chi connectivity index (χ4v) is 1.46. The van der Waals surface area contributed by atoms with Crippen LogP contribution in [0.1, 0.15) is 26.5 Å². The Bertz CT molecular complexity index is 463. The second-order valence-corrected chi connectivity index (χ2v) is 4.63. The summed E-state index contributed by atoms with van der Waals surface area (Å²) in [4.78, 5) is 0. The normalized spacial score (nSPS) is 12.2. The first kappa shape index (κ1) is 9.38. The van der Waals surface area contributed by atoms with Gasteiger partial charge in [-0.15, -0.1) is 0 Å². The molecule has 0 bridgehead atoms. The minimum atomic E-state index is 0.0332. The van der Waals surface area contributed by atoms with Gasteiger partial charge >= 0.3 is 0 Å². The Hall–Kier alpha value is -1.18. The molecule has 0 aliphatic carbocycles. The first-order valence-corrected chi connectivity index (χ1v) is 4.77. The highest BCUT2D eigenvalue weighted by Crippen LogP contribution is 2.27. The molecule has 2 rings (SSSR count). The predicted octanol–water partition coefficient (Wildman–Crippen LogP) is 2.52. The van der Waals surface area contributed by atoms with Crippen LogP contribution in [0.5, 0.6) is 0 Å². The van der Waals surface area contributed by atoms with E-state index in [0.717, 1.165) is 16.7 Å². The number of hydrogen-bond donors (Lipinski definition) is 0. The molecule has 2 aromatic rings. The second kappa shape index (κ2) is 2.91. The smallest absolute Gasteiger partial charge is 0.127 e. The molecule has 0 aliphatic rings. The maximum atomic E-state index is 5.82. The Balaban J connectivity index is 2.69. The summed E-state index contributed by atoms with van der Waals surface area (Å²) < 4.78 is 5.74. The van der Waals surface area contributed by atoms with E-state index >= 15 is 0 Å². The van der Waals surface area contributed by atoms with Crippen molar-refractivity contribution in [1.82, 2.24) is 0 Å². The third kappa shape index (κ3) is 1.45. The van der Waals surface area contributed by atoms with Crippen LogP contribution in [0.2, 0.25) is 0 Å². The molecule has 0 spiro atoms. The molecule has 1 nitrogen and oxygen atoms in total. The van der Waals surface area contributed by atoms with Gasteiger partial charge in [0.15, 0.2) is 0 Å². The second-order valence-electron chi connectivity index (χ2n) is 4.63. The van der Waals surface area contributed by atoms with Gasteiger partial charge in [0.1, 0.15) is 19.2 Å². The maximum Gasteiger partial charge on any atom is 0.127 e. The van der Waals surface area contributed by atoms with Gasteiger partial charge in [-0.3, -0.25) is 0 Å². The largest absolute Gasteiger partial charge is 0.461 e. The summed E-state index contributed by atoms with van der Waals surface area (Å²) in [6.07, 6.45) is 0. The van der Waals surface area contributed by atoms with Crippen LogP contribution in [0.3, 0.4) is 0 Å². The summed E-state index contributed by atoms with van der Waals surface area (Å²) in [5.74, 6) is 0.977. The zero-order valence-corrected chi connectivity index (χ0v) is 8.79. The van der Waals surface area contributed by atoms with Crippen LogP contribution >= 0.6 is 0 Å². The summed E-state index contributed by atoms with van der Waals surface area (Å²) in [5.41, 5.74) is 1.54. The van der Waals surface area contributed by atoms with E-state index in [1.807, 2.05) is 18.2 Å². The highest BCUT2D eigenvalue weighted by molar-refractivity contribution is 6.37. The van der Waals surface area contributed by atoms with Crippen LogP contribution in [0, 0.1) is 0 Å². The van der Waals surface area contributed by atoms with E-state index in [4.69, 9.17) is 12.3 Å². The third-order valence-electron chi connectivity index (χ3n) is 2.31. The summed E-state index contributed by atoms with van der Waals surface area (Å²) in [5, 5.41) is 1.08. The lowest BCUT2D eigenvalue weighted by molar-refractivity contribution is 0.431. The van der Waals surface area contributed by atoms with Gasteiger partial charge in [-0.2, -0.15) is 0 Å². The topological polar surface area (TPSA) is 13.1 Å². The van der Waals surface area contributed by atoms with Crippen molar-refractivity contribution >= 4 is 24.3 Å². The van der Waals surface area contributed by atoms with E-state index < -0.39 is 0 Å². The SMILES string of the molecule is [B]c1cccc2cc(C(C)(C)C)oc12. The molecule has 0 amide bonds. The lowest BCUT2D eigenvalue weighted by Crippen LogP contribution is -2.09. The molecule has 1 aromatic carbocycles. The molecule has 14 heavy (non-hydrogen) atoms. The first-order valence-electron chi connectivity index (χ1n) is 4.77. The van der Waals surface area contributed by atoms with Crippen molar-refractivity contribution in [2.24, 2.45) is 0 Å². The molecular weight excluding hydrogens is 171 g/mol. The van der Waals surface area contributed by atoms with E-state index in [0.29, 0.717) is 5.46 Å². The summed E-state index contributed by atoms with van der Waals surface area (Å²) in [6.45, 7) is 6.38. The van der Waals surface area contributed by atoms with Gasteiger partial charge in [-0.1, -0.05) is 44.4 Å². The summed E-state index contributed by atoms with van der Waals surface area (Å²) >= 11 is 0. The van der Waals surface area contributed by atoms with E-state index in [9.17, 15) is 0 Å². The van der Waals surface area contributed by atoms with Crippen molar-refractivity contribution in [2.75, 3.05) is 0 Å². The van der Waals surface area contributed by atoms with E-state index in [-0.39, 0.29) is 5.41 Å². The molecule has 0 N–H and O–H groups in total. The lowest BCUT2D eigenvalue weighted by atomic mass is 9.92. The van der Waals surface area contributed by atoms with E-state index in [1.165, 1.54) is 0 Å². The molecule has 0 atom stereocenters. The van der Waals surface area contributed by atoms with Gasteiger partial charge in [-0.05, 0) is 6.07 Å². The van der Waals surface area contributed by atoms with Gasteiger partial charge in [0.2, 0.25) is 0 Å². The quantitative estimate of drug-likeness (QED) is 0.573. The van der Waals surface area contributed by atoms with Gasteiger partial charge < -0.3 is 4.42 Å². The van der Waals surface area contributed by atoms with Crippen LogP contribution in [-0.4, -0.2) is 7.85 Å². The molecule has 2 heteroatoms. The molecule has 0 saturated carbocycles. The molecular formula is C12H13BO. The molecule has 0 unspecified atom stereocenters. The molecule has 0 saturated heterocycles. The zero-order valence-electron chi connectivity index (χ0n) is 8.79. The van der Waals surface area contributed by atoms with E-state index in [1.54, 1.807) is 0 Å². The lowest BCUT2D eigenvalue weighted by Gasteiger charge is -2.13. The van der Waals surface area contributed by atoms with Crippen LogP contribution in [0.4, 0.5) is 0 Å². The number of furan rings is 1. The van der Waals surface area contributed by atoms with Crippen molar-refractivity contribution in [2.45, 2.75) is 26.2 Å². The zero-order chi connectivity index (χ0) is 10.3. The first-order chi connectivity index (χ1) is 6.48. The van der Waals surface area contributed by atoms with Crippen molar-refractivity contribution in [3.63, 3.8) is 0 Å². The minimum absolute atomic E-state index is 0.0332. The fraction of sp³-hybridized carbons (Fsp3) is 0.333. The molecule has 1 heterocycles. The van der Waals surface area contributed by atoms with Crippen molar-refractivity contribution in [3.05, 3.63) is 30.0 Å². The van der Waals surface area contributed by atoms with Gasteiger partial charge in [0.05, 0.1) is 0 Å². The average Bonchev–Trinajstić information content (AvgIpc) is 2.48. The molecule has 1 aromatic heterocycles. The van der Waals surface area contributed by atoms with Crippen LogP contribution in [0.25, 0.3) is 11.0 Å². The number of fused-ring (bicyclic) bond motifs is 1. The molecule has 2 radical (unpaired) electrons. The van der Waals surface area contributed by atoms with Gasteiger partial charge in [0.25, 0.3) is 0 Å². The minimum Gasteiger partial charge on any atom is -0.461 e. The van der Waals surface area contributed by atoms with Crippen molar-refractivity contribution in [1.29, 1.82) is 0 Å². The predicted molar refractivity (Wildman–Crippen MR) is 60.3 cm³/mol. The summed E-state index contributed by atoms with van der Waals surface area (Å²) in [6, 6.07) is 7.88. The van der Waals surface area contributed by atoms with E-state index in [2.05, 4.69) is 26.8 Å². The molecule has 0 aliphatic heterocycles. The van der Waals surface area contributed by atoms with Gasteiger partial charge in [-0.25, -0.2) is 0 Å². The fourth-order valence-electron chi connectivity index (χ4n) is 1.46. The van der Waals surface area contributed by atoms with Gasteiger partial charge in [0, 0.05) is 10.8 Å². The maximum absolute atomic E-state index is 5.82. The highest BCUT2D eigenvalue weighted by atomic mass is 16.3. The van der Waals surface area contributed by atoms with Crippen LogP contribution < -0.4 is 5.46 Å². The monoisotopic (exact) mass is 184 g/mol. The third-order valence-corrected chi connectivity index (χ3v) is 2.31. The van der Waals surface area contributed by atoms with Crippen LogP contribution in [0.15, 0.2) is 28.7 Å².